The zero-order chi connectivity index (χ0) is 12.9. The fourth-order valence-corrected chi connectivity index (χ4v) is 3.57. The third-order valence-electron chi connectivity index (χ3n) is 4.82. The van der Waals surface area contributed by atoms with E-state index in [1.807, 2.05) is 17.0 Å². The maximum atomic E-state index is 12.8. The highest BCUT2D eigenvalue weighted by atomic mass is 16.3. The van der Waals surface area contributed by atoms with Gasteiger partial charge in [-0.2, -0.15) is 0 Å². The maximum absolute atomic E-state index is 12.8. The lowest BCUT2D eigenvalue weighted by Crippen LogP contribution is -2.44. The number of carbonyl (C=O) groups is 1. The zero-order valence-electron chi connectivity index (χ0n) is 11.1. The summed E-state index contributed by atoms with van der Waals surface area (Å²) in [6.45, 7) is 0.888. The van der Waals surface area contributed by atoms with Crippen LogP contribution in [0.1, 0.15) is 50.5 Å². The van der Waals surface area contributed by atoms with Gasteiger partial charge in [0.05, 0.1) is 11.8 Å². The molecule has 2 aliphatic carbocycles. The van der Waals surface area contributed by atoms with Crippen LogP contribution in [0.5, 0.6) is 0 Å². The van der Waals surface area contributed by atoms with E-state index in [0.29, 0.717) is 11.8 Å². The van der Waals surface area contributed by atoms with E-state index in [1.54, 1.807) is 6.26 Å². The highest BCUT2D eigenvalue weighted by molar-refractivity contribution is 5.89. The molecule has 0 aromatic carbocycles. The van der Waals surface area contributed by atoms with Gasteiger partial charge in [-0.25, -0.2) is 0 Å². The highest BCUT2D eigenvalue weighted by Gasteiger charge is 2.54. The topological polar surface area (TPSA) is 45.5 Å². The molecule has 1 amide bonds. The van der Waals surface area contributed by atoms with Crippen LogP contribution in [0, 0.1) is 5.92 Å². The fourth-order valence-electron chi connectivity index (χ4n) is 3.57. The fraction of sp³-hybridized carbons (Fsp3) is 0.667. The predicted octanol–water partition coefficient (Wildman–Crippen LogP) is 2.43. The molecule has 19 heavy (non-hydrogen) atoms. The Hall–Kier alpha value is -1.29. The molecule has 102 valence electrons. The van der Waals surface area contributed by atoms with Gasteiger partial charge in [0.15, 0.2) is 0 Å². The predicted molar refractivity (Wildman–Crippen MR) is 70.2 cm³/mol. The molecule has 2 heterocycles. The Labute approximate surface area is 113 Å². The minimum absolute atomic E-state index is 0.0544. The highest BCUT2D eigenvalue weighted by Crippen LogP contribution is 2.43. The van der Waals surface area contributed by atoms with E-state index in [0.717, 1.165) is 38.0 Å². The van der Waals surface area contributed by atoms with Gasteiger partial charge in [0.1, 0.15) is 11.9 Å². The molecule has 2 saturated carbocycles. The van der Waals surface area contributed by atoms with Crippen LogP contribution in [-0.4, -0.2) is 22.9 Å². The Kier molecular flexibility index (Phi) is 2.49. The summed E-state index contributed by atoms with van der Waals surface area (Å²) in [5.41, 5.74) is -0.299. The number of amides is 1. The third-order valence-corrected chi connectivity index (χ3v) is 4.82. The van der Waals surface area contributed by atoms with E-state index >= 15 is 0 Å². The van der Waals surface area contributed by atoms with Crippen molar-refractivity contribution in [2.45, 2.75) is 50.2 Å². The van der Waals surface area contributed by atoms with E-state index in [2.05, 4.69) is 5.32 Å². The van der Waals surface area contributed by atoms with Crippen molar-refractivity contribution in [3.63, 3.8) is 0 Å². The van der Waals surface area contributed by atoms with Crippen LogP contribution in [0.2, 0.25) is 0 Å². The minimum Gasteiger partial charge on any atom is -0.466 e. The normalized spacial score (nSPS) is 29.6. The smallest absolute Gasteiger partial charge is 0.244 e. The summed E-state index contributed by atoms with van der Waals surface area (Å²) in [6, 6.07) is 3.87. The van der Waals surface area contributed by atoms with Crippen molar-refractivity contribution in [2.24, 2.45) is 5.92 Å². The van der Waals surface area contributed by atoms with Crippen LogP contribution in [0.4, 0.5) is 0 Å². The van der Waals surface area contributed by atoms with E-state index in [9.17, 15) is 4.79 Å². The first-order valence-corrected chi connectivity index (χ1v) is 7.41. The lowest BCUT2D eigenvalue weighted by Gasteiger charge is -2.22. The molecule has 1 aromatic rings. The second kappa shape index (κ2) is 4.10. The number of furan rings is 1. The molecule has 4 heteroatoms. The zero-order valence-corrected chi connectivity index (χ0v) is 11.1. The molecule has 1 unspecified atom stereocenters. The SMILES string of the molecule is O=C1N(CC2CC2)C(c2ccco2)NC12CCCC2. The Morgan fingerprint density at radius 3 is 2.79 bits per heavy atom. The van der Waals surface area contributed by atoms with Gasteiger partial charge in [0, 0.05) is 6.54 Å². The Morgan fingerprint density at radius 1 is 1.37 bits per heavy atom. The van der Waals surface area contributed by atoms with Crippen molar-refractivity contribution in [1.82, 2.24) is 10.2 Å². The Bertz CT molecular complexity index is 472. The van der Waals surface area contributed by atoms with E-state index in [-0.39, 0.29) is 11.7 Å². The van der Waals surface area contributed by atoms with Crippen LogP contribution < -0.4 is 5.32 Å². The second-order valence-corrected chi connectivity index (χ2v) is 6.25. The molecule has 1 aromatic heterocycles. The van der Waals surface area contributed by atoms with Crippen LogP contribution in [-0.2, 0) is 4.79 Å². The average molecular weight is 260 g/mol. The molecule has 4 rings (SSSR count). The van der Waals surface area contributed by atoms with Gasteiger partial charge < -0.3 is 9.32 Å². The quantitative estimate of drug-likeness (QED) is 0.908. The summed E-state index contributed by atoms with van der Waals surface area (Å²) in [5, 5.41) is 3.58. The van der Waals surface area contributed by atoms with E-state index in [1.165, 1.54) is 12.8 Å². The molecule has 3 fully saturated rings. The molecular weight excluding hydrogens is 240 g/mol. The standard InChI is InChI=1S/C15H20N2O2/c18-14-15(7-1-2-8-15)16-13(12-4-3-9-19-12)17(14)10-11-5-6-11/h3-4,9,11,13,16H,1-2,5-8,10H2. The Balaban J connectivity index is 1.65. The van der Waals surface area contributed by atoms with Gasteiger partial charge in [-0.3, -0.25) is 10.1 Å². The second-order valence-electron chi connectivity index (χ2n) is 6.25. The lowest BCUT2D eigenvalue weighted by atomic mass is 9.98. The molecule has 1 N–H and O–H groups in total. The Morgan fingerprint density at radius 2 is 2.16 bits per heavy atom. The third kappa shape index (κ3) is 1.81. The van der Waals surface area contributed by atoms with Gasteiger partial charge in [0.2, 0.25) is 5.91 Å². The molecule has 1 spiro atoms. The number of nitrogens with one attached hydrogen (secondary N) is 1. The van der Waals surface area contributed by atoms with Crippen LogP contribution in [0.3, 0.4) is 0 Å². The number of rotatable bonds is 3. The van der Waals surface area contributed by atoms with Gasteiger partial charge in [-0.05, 0) is 43.7 Å². The number of hydrogen-bond acceptors (Lipinski definition) is 3. The molecule has 1 saturated heterocycles. The summed E-state index contributed by atoms with van der Waals surface area (Å²) in [6.07, 6.45) is 8.43. The monoisotopic (exact) mass is 260 g/mol. The molecule has 1 aliphatic heterocycles. The van der Waals surface area contributed by atoms with Gasteiger partial charge in [-0.1, -0.05) is 12.8 Å². The molecule has 1 atom stereocenters. The van der Waals surface area contributed by atoms with E-state index < -0.39 is 0 Å². The van der Waals surface area contributed by atoms with Crippen LogP contribution >= 0.6 is 0 Å². The largest absolute Gasteiger partial charge is 0.466 e. The maximum Gasteiger partial charge on any atom is 0.244 e. The van der Waals surface area contributed by atoms with Crippen molar-refractivity contribution < 1.29 is 9.21 Å². The first kappa shape index (κ1) is 11.5. The van der Waals surface area contributed by atoms with Gasteiger partial charge >= 0.3 is 0 Å². The molecule has 4 nitrogen and oxygen atoms in total. The van der Waals surface area contributed by atoms with Crippen molar-refractivity contribution in [3.8, 4) is 0 Å². The summed E-state index contributed by atoms with van der Waals surface area (Å²) < 4.78 is 5.54. The van der Waals surface area contributed by atoms with Gasteiger partial charge in [0.25, 0.3) is 0 Å². The molecular formula is C15H20N2O2. The lowest BCUT2D eigenvalue weighted by molar-refractivity contribution is -0.133. The van der Waals surface area contributed by atoms with E-state index in [4.69, 9.17) is 4.42 Å². The van der Waals surface area contributed by atoms with Crippen LogP contribution in [0.15, 0.2) is 22.8 Å². The molecule has 0 bridgehead atoms. The van der Waals surface area contributed by atoms with Crippen molar-refractivity contribution in [1.29, 1.82) is 0 Å². The average Bonchev–Trinajstić information content (AvgIpc) is 2.84. The first-order valence-electron chi connectivity index (χ1n) is 7.41. The molecule has 0 radical (unpaired) electrons. The minimum atomic E-state index is -0.299. The summed E-state index contributed by atoms with van der Waals surface area (Å²) in [4.78, 5) is 14.8. The summed E-state index contributed by atoms with van der Waals surface area (Å²) in [7, 11) is 0. The van der Waals surface area contributed by atoms with Crippen LogP contribution in [0.25, 0.3) is 0 Å². The number of hydrogen-bond donors (Lipinski definition) is 1. The molecule has 3 aliphatic rings. The summed E-state index contributed by atoms with van der Waals surface area (Å²) >= 11 is 0. The first-order chi connectivity index (χ1) is 9.28. The van der Waals surface area contributed by atoms with Crippen molar-refractivity contribution >= 4 is 5.91 Å². The number of nitrogens with zero attached hydrogens (tertiary/aromatic N) is 1. The number of carbonyl (C=O) groups excluding carboxylic acids is 1. The van der Waals surface area contributed by atoms with Crippen molar-refractivity contribution in [3.05, 3.63) is 24.2 Å². The van der Waals surface area contributed by atoms with Gasteiger partial charge in [-0.15, -0.1) is 0 Å². The van der Waals surface area contributed by atoms with Crippen molar-refractivity contribution in [2.75, 3.05) is 6.54 Å². The summed E-state index contributed by atoms with van der Waals surface area (Å²) in [5.74, 6) is 1.89.